The van der Waals surface area contributed by atoms with Crippen LogP contribution in [0, 0.1) is 11.8 Å². The van der Waals surface area contributed by atoms with Gasteiger partial charge in [0.25, 0.3) is 0 Å². The van der Waals surface area contributed by atoms with Gasteiger partial charge in [-0.3, -0.25) is 9.59 Å². The van der Waals surface area contributed by atoms with Gasteiger partial charge in [0, 0.05) is 6.54 Å². The zero-order valence-electron chi connectivity index (χ0n) is 7.29. The monoisotopic (exact) mass is 171 g/mol. The van der Waals surface area contributed by atoms with Crippen molar-refractivity contribution in [2.45, 2.75) is 13.3 Å². The van der Waals surface area contributed by atoms with Crippen molar-refractivity contribution in [3.05, 3.63) is 0 Å². The second kappa shape index (κ2) is 3.56. The molecule has 0 spiro atoms. The van der Waals surface area contributed by atoms with Crippen molar-refractivity contribution >= 4 is 11.9 Å². The molecule has 0 bridgehead atoms. The molecule has 1 rings (SSSR count). The Morgan fingerprint density at radius 2 is 2.42 bits per heavy atom. The van der Waals surface area contributed by atoms with Gasteiger partial charge in [-0.05, 0) is 5.92 Å². The van der Waals surface area contributed by atoms with Crippen molar-refractivity contribution in [2.75, 3.05) is 13.7 Å². The summed E-state index contributed by atoms with van der Waals surface area (Å²) in [5.41, 5.74) is 0. The van der Waals surface area contributed by atoms with Crippen molar-refractivity contribution in [3.8, 4) is 0 Å². The third-order valence-electron chi connectivity index (χ3n) is 2.27. The molecule has 4 heteroatoms. The van der Waals surface area contributed by atoms with E-state index in [0.717, 1.165) is 6.42 Å². The van der Waals surface area contributed by atoms with Gasteiger partial charge in [0.1, 0.15) is 5.92 Å². The molecule has 0 aromatic heterocycles. The highest BCUT2D eigenvalue weighted by molar-refractivity contribution is 5.99. The molecular formula is C8H13NO3. The molecule has 12 heavy (non-hydrogen) atoms. The van der Waals surface area contributed by atoms with Crippen LogP contribution in [0.4, 0.5) is 0 Å². The Labute approximate surface area is 71.3 Å². The molecule has 4 nitrogen and oxygen atoms in total. The van der Waals surface area contributed by atoms with Gasteiger partial charge in [0.05, 0.1) is 7.11 Å². The fourth-order valence-electron chi connectivity index (χ4n) is 1.48. The van der Waals surface area contributed by atoms with Crippen LogP contribution in [0.1, 0.15) is 13.3 Å². The number of rotatable bonds is 2. The first-order valence-corrected chi connectivity index (χ1v) is 4.06. The molecule has 0 saturated carbocycles. The van der Waals surface area contributed by atoms with E-state index in [1.54, 1.807) is 0 Å². The summed E-state index contributed by atoms with van der Waals surface area (Å²) in [5, 5.41) is 2.65. The van der Waals surface area contributed by atoms with Crippen molar-refractivity contribution in [2.24, 2.45) is 11.8 Å². The third-order valence-corrected chi connectivity index (χ3v) is 2.27. The lowest BCUT2D eigenvalue weighted by Crippen LogP contribution is -2.28. The predicted octanol–water partition coefficient (Wildman–Crippen LogP) is -0.0684. The number of ether oxygens (including phenoxy) is 1. The number of amides is 1. The third kappa shape index (κ3) is 1.42. The molecule has 1 aliphatic rings. The van der Waals surface area contributed by atoms with Crippen LogP contribution < -0.4 is 5.32 Å². The minimum absolute atomic E-state index is 0.102. The van der Waals surface area contributed by atoms with Gasteiger partial charge in [0.15, 0.2) is 0 Å². The van der Waals surface area contributed by atoms with Crippen molar-refractivity contribution < 1.29 is 14.3 Å². The highest BCUT2D eigenvalue weighted by atomic mass is 16.5. The Morgan fingerprint density at radius 1 is 1.75 bits per heavy atom. The van der Waals surface area contributed by atoms with Crippen LogP contribution in [0.15, 0.2) is 0 Å². The lowest BCUT2D eigenvalue weighted by Gasteiger charge is -2.11. The molecule has 2 atom stereocenters. The first-order valence-electron chi connectivity index (χ1n) is 4.06. The maximum atomic E-state index is 11.1. The summed E-state index contributed by atoms with van der Waals surface area (Å²) in [7, 11) is 1.31. The molecule has 0 aliphatic carbocycles. The minimum Gasteiger partial charge on any atom is -0.468 e. The second-order valence-electron chi connectivity index (χ2n) is 2.91. The van der Waals surface area contributed by atoms with E-state index in [4.69, 9.17) is 0 Å². The first-order chi connectivity index (χ1) is 5.70. The lowest BCUT2D eigenvalue weighted by atomic mass is 9.93. The maximum Gasteiger partial charge on any atom is 0.318 e. The number of carbonyl (C=O) groups excluding carboxylic acids is 2. The lowest BCUT2D eigenvalue weighted by molar-refractivity contribution is -0.150. The van der Waals surface area contributed by atoms with E-state index in [9.17, 15) is 9.59 Å². The van der Waals surface area contributed by atoms with Crippen molar-refractivity contribution in [1.82, 2.24) is 5.32 Å². The summed E-state index contributed by atoms with van der Waals surface area (Å²) in [4.78, 5) is 22.2. The maximum absolute atomic E-state index is 11.1. The number of nitrogens with one attached hydrogen (secondary N) is 1. The topological polar surface area (TPSA) is 55.4 Å². The van der Waals surface area contributed by atoms with E-state index in [1.165, 1.54) is 7.11 Å². The van der Waals surface area contributed by atoms with Crippen LogP contribution in [0.5, 0.6) is 0 Å². The summed E-state index contributed by atoms with van der Waals surface area (Å²) in [6.07, 6.45) is 0.818. The SMILES string of the molecule is CC[C@@H]1CNC(=O)[C@@H]1C(=O)OC. The van der Waals surface area contributed by atoms with Gasteiger partial charge in [-0.15, -0.1) is 0 Å². The number of esters is 1. The Kier molecular flexibility index (Phi) is 2.68. The highest BCUT2D eigenvalue weighted by Crippen LogP contribution is 2.21. The Bertz CT molecular complexity index is 202. The van der Waals surface area contributed by atoms with Gasteiger partial charge in [-0.1, -0.05) is 13.3 Å². The molecule has 1 aliphatic heterocycles. The van der Waals surface area contributed by atoms with Gasteiger partial charge in [-0.25, -0.2) is 0 Å². The molecule has 1 heterocycles. The van der Waals surface area contributed by atoms with Crippen LogP contribution in [-0.4, -0.2) is 25.5 Å². The van der Waals surface area contributed by atoms with Gasteiger partial charge < -0.3 is 10.1 Å². The summed E-state index contributed by atoms with van der Waals surface area (Å²) in [6, 6.07) is 0. The summed E-state index contributed by atoms with van der Waals surface area (Å²) in [5.74, 6) is -1.10. The van der Waals surface area contributed by atoms with Gasteiger partial charge in [-0.2, -0.15) is 0 Å². The van der Waals surface area contributed by atoms with Crippen molar-refractivity contribution in [3.63, 3.8) is 0 Å². The molecule has 1 amide bonds. The molecule has 68 valence electrons. The normalized spacial score (nSPS) is 28.3. The number of hydrogen-bond acceptors (Lipinski definition) is 3. The molecule has 1 saturated heterocycles. The molecule has 0 unspecified atom stereocenters. The first kappa shape index (κ1) is 9.03. The zero-order valence-corrected chi connectivity index (χ0v) is 7.29. The summed E-state index contributed by atoms with van der Waals surface area (Å²) < 4.78 is 4.54. The van der Waals surface area contributed by atoms with E-state index >= 15 is 0 Å². The molecule has 1 fully saturated rings. The predicted molar refractivity (Wildman–Crippen MR) is 42.3 cm³/mol. The van der Waals surface area contributed by atoms with Crippen LogP contribution >= 0.6 is 0 Å². The minimum atomic E-state index is -0.583. The zero-order chi connectivity index (χ0) is 9.14. The number of methoxy groups -OCH3 is 1. The second-order valence-corrected chi connectivity index (χ2v) is 2.91. The summed E-state index contributed by atoms with van der Waals surface area (Å²) in [6.45, 7) is 2.55. The van der Waals surface area contributed by atoms with E-state index in [0.29, 0.717) is 6.54 Å². The highest BCUT2D eigenvalue weighted by Gasteiger charge is 2.39. The van der Waals surface area contributed by atoms with Crippen molar-refractivity contribution in [1.29, 1.82) is 0 Å². The molecule has 0 aromatic carbocycles. The van der Waals surface area contributed by atoms with Crippen LogP contribution in [0.3, 0.4) is 0 Å². The fourth-order valence-corrected chi connectivity index (χ4v) is 1.48. The molecule has 0 radical (unpaired) electrons. The fraction of sp³-hybridized carbons (Fsp3) is 0.750. The largest absolute Gasteiger partial charge is 0.468 e. The molecule has 1 N–H and O–H groups in total. The quantitative estimate of drug-likeness (QED) is 0.467. The average molecular weight is 171 g/mol. The summed E-state index contributed by atoms with van der Waals surface area (Å²) >= 11 is 0. The van der Waals surface area contributed by atoms with Crippen LogP contribution in [0.25, 0.3) is 0 Å². The number of carbonyl (C=O) groups is 2. The Hall–Kier alpha value is -1.06. The molecular weight excluding hydrogens is 158 g/mol. The van der Waals surface area contributed by atoms with Gasteiger partial charge in [0.2, 0.25) is 5.91 Å². The average Bonchev–Trinajstić information content (AvgIpc) is 2.45. The number of hydrogen-bond donors (Lipinski definition) is 1. The standard InChI is InChI=1S/C8H13NO3/c1-3-5-4-9-7(10)6(5)8(11)12-2/h5-6H,3-4H2,1-2H3,(H,9,10)/t5-,6-/m1/s1. The van der Waals surface area contributed by atoms with E-state index in [1.807, 2.05) is 6.92 Å². The van der Waals surface area contributed by atoms with Gasteiger partial charge >= 0.3 is 5.97 Å². The van der Waals surface area contributed by atoms with E-state index < -0.39 is 11.9 Å². The Morgan fingerprint density at radius 3 is 2.92 bits per heavy atom. The van der Waals surface area contributed by atoms with Crippen LogP contribution in [-0.2, 0) is 14.3 Å². The van der Waals surface area contributed by atoms with E-state index in [2.05, 4.69) is 10.1 Å². The molecule has 0 aromatic rings. The smallest absolute Gasteiger partial charge is 0.318 e. The Balaban J connectivity index is 2.70. The van der Waals surface area contributed by atoms with Crippen LogP contribution in [0.2, 0.25) is 0 Å². The van der Waals surface area contributed by atoms with E-state index in [-0.39, 0.29) is 11.8 Å².